The van der Waals surface area contributed by atoms with Crippen molar-refractivity contribution in [1.29, 1.82) is 0 Å². The summed E-state index contributed by atoms with van der Waals surface area (Å²) in [6.07, 6.45) is -0.0436. The van der Waals surface area contributed by atoms with E-state index in [9.17, 15) is 13.2 Å². The minimum atomic E-state index is -4.31. The third kappa shape index (κ3) is 2.23. The van der Waals surface area contributed by atoms with E-state index in [0.717, 1.165) is 24.7 Å². The Balaban J connectivity index is 1.74. The van der Waals surface area contributed by atoms with Gasteiger partial charge in [-0.2, -0.15) is 13.2 Å². The van der Waals surface area contributed by atoms with E-state index in [1.807, 2.05) is 4.90 Å². The fourth-order valence-corrected chi connectivity index (χ4v) is 2.99. The smallest absolute Gasteiger partial charge is 0.326 e. The lowest BCUT2D eigenvalue weighted by atomic mass is 10.0. The molecule has 2 aliphatic rings. The van der Waals surface area contributed by atoms with E-state index in [-0.39, 0.29) is 0 Å². The van der Waals surface area contributed by atoms with Crippen LogP contribution in [0.3, 0.4) is 0 Å². The molecule has 3 nitrogen and oxygen atoms in total. The van der Waals surface area contributed by atoms with E-state index in [1.165, 1.54) is 6.07 Å². The van der Waals surface area contributed by atoms with Crippen molar-refractivity contribution < 1.29 is 13.2 Å². The van der Waals surface area contributed by atoms with Crippen molar-refractivity contribution >= 4 is 11.5 Å². The van der Waals surface area contributed by atoms with Gasteiger partial charge in [-0.1, -0.05) is 6.07 Å². The van der Waals surface area contributed by atoms with Gasteiger partial charge in [-0.15, -0.1) is 0 Å². The Morgan fingerprint density at radius 3 is 2.68 bits per heavy atom. The maximum atomic E-state index is 13.1. The molecule has 1 aliphatic heterocycles. The van der Waals surface area contributed by atoms with Gasteiger partial charge in [0, 0.05) is 24.3 Å². The van der Waals surface area contributed by atoms with Crippen LogP contribution in [0.2, 0.25) is 0 Å². The molecule has 0 unspecified atom stereocenters. The Labute approximate surface area is 125 Å². The predicted octanol–water partition coefficient (Wildman–Crippen LogP) is 4.07. The first-order chi connectivity index (χ1) is 10.5. The molecule has 1 saturated carbocycles. The van der Waals surface area contributed by atoms with Crippen LogP contribution in [-0.4, -0.2) is 16.5 Å². The number of hydrogen-bond acceptors (Lipinski definition) is 3. The lowest BCUT2D eigenvalue weighted by molar-refractivity contribution is -0.138. The van der Waals surface area contributed by atoms with Gasteiger partial charge >= 0.3 is 6.18 Å². The number of aromatic nitrogens is 2. The molecule has 22 heavy (non-hydrogen) atoms. The third-order valence-electron chi connectivity index (χ3n) is 4.21. The van der Waals surface area contributed by atoms with Crippen LogP contribution < -0.4 is 4.90 Å². The van der Waals surface area contributed by atoms with Crippen LogP contribution in [0.4, 0.5) is 24.7 Å². The third-order valence-corrected chi connectivity index (χ3v) is 4.21. The number of hydrogen-bond donors (Lipinski definition) is 0. The zero-order valence-electron chi connectivity index (χ0n) is 11.8. The van der Waals surface area contributed by atoms with E-state index < -0.39 is 11.7 Å². The molecule has 0 N–H and O–H groups in total. The molecule has 1 aromatic carbocycles. The van der Waals surface area contributed by atoms with Crippen LogP contribution in [0, 0.1) is 0 Å². The van der Waals surface area contributed by atoms with Crippen molar-refractivity contribution in [2.75, 3.05) is 11.4 Å². The van der Waals surface area contributed by atoms with Crippen LogP contribution in [0.25, 0.3) is 0 Å². The van der Waals surface area contributed by atoms with Crippen LogP contribution >= 0.6 is 0 Å². The van der Waals surface area contributed by atoms with Crippen molar-refractivity contribution in [2.45, 2.75) is 31.4 Å². The topological polar surface area (TPSA) is 29.0 Å². The second-order valence-corrected chi connectivity index (χ2v) is 5.75. The van der Waals surface area contributed by atoms with Gasteiger partial charge in [0.25, 0.3) is 0 Å². The summed E-state index contributed by atoms with van der Waals surface area (Å²) < 4.78 is 39.3. The second-order valence-electron chi connectivity index (χ2n) is 5.75. The summed E-state index contributed by atoms with van der Waals surface area (Å²) in [6, 6.07) is 6.11. The fraction of sp³-hybridized carbons (Fsp3) is 0.375. The van der Waals surface area contributed by atoms with Crippen molar-refractivity contribution in [3.63, 3.8) is 0 Å². The average molecular weight is 305 g/mol. The number of anilines is 2. The van der Waals surface area contributed by atoms with E-state index in [0.29, 0.717) is 36.0 Å². The number of alkyl halides is 3. The molecule has 1 fully saturated rings. The molecule has 0 saturated heterocycles. The molecule has 0 atom stereocenters. The van der Waals surface area contributed by atoms with Gasteiger partial charge in [-0.3, -0.25) is 0 Å². The highest BCUT2D eigenvalue weighted by atomic mass is 19.4. The summed E-state index contributed by atoms with van der Waals surface area (Å²) in [6.45, 7) is 0.517. The van der Waals surface area contributed by atoms with Gasteiger partial charge in [-0.05, 0) is 43.0 Å². The monoisotopic (exact) mass is 305 g/mol. The van der Waals surface area contributed by atoms with Gasteiger partial charge in [-0.25, -0.2) is 9.97 Å². The second kappa shape index (κ2) is 4.69. The molecular weight excluding hydrogens is 291 g/mol. The average Bonchev–Trinajstić information content (AvgIpc) is 3.25. The maximum absolute atomic E-state index is 13.1. The number of fused-ring (bicyclic) bond motifs is 1. The van der Waals surface area contributed by atoms with Crippen molar-refractivity contribution in [1.82, 2.24) is 9.97 Å². The Bertz CT molecular complexity index is 723. The summed E-state index contributed by atoms with van der Waals surface area (Å²) in [5, 5.41) is 0. The SMILES string of the molecule is FC(F)(F)c1cccc2c1CCN2c1ccnc(C2CC2)n1. The molecule has 6 heteroatoms. The van der Waals surface area contributed by atoms with E-state index >= 15 is 0 Å². The first kappa shape index (κ1) is 13.5. The van der Waals surface area contributed by atoms with E-state index in [1.54, 1.807) is 18.3 Å². The predicted molar refractivity (Wildman–Crippen MR) is 76.2 cm³/mol. The molecule has 1 aliphatic carbocycles. The highest BCUT2D eigenvalue weighted by Gasteiger charge is 2.37. The molecule has 0 bridgehead atoms. The molecule has 2 heterocycles. The van der Waals surface area contributed by atoms with Gasteiger partial charge in [0.2, 0.25) is 0 Å². The number of halogens is 3. The lowest BCUT2D eigenvalue weighted by Crippen LogP contribution is -2.15. The zero-order valence-corrected chi connectivity index (χ0v) is 11.8. The quantitative estimate of drug-likeness (QED) is 0.837. The molecule has 1 aromatic heterocycles. The summed E-state index contributed by atoms with van der Waals surface area (Å²) in [5.74, 6) is 1.91. The zero-order chi connectivity index (χ0) is 15.3. The van der Waals surface area contributed by atoms with Crippen LogP contribution in [0.15, 0.2) is 30.5 Å². The minimum Gasteiger partial charge on any atom is -0.326 e. The molecular formula is C16H14F3N3. The van der Waals surface area contributed by atoms with Crippen molar-refractivity contribution in [3.05, 3.63) is 47.4 Å². The van der Waals surface area contributed by atoms with Gasteiger partial charge < -0.3 is 4.90 Å². The van der Waals surface area contributed by atoms with Gasteiger partial charge in [0.1, 0.15) is 11.6 Å². The van der Waals surface area contributed by atoms with Crippen LogP contribution in [0.1, 0.15) is 35.7 Å². The highest BCUT2D eigenvalue weighted by molar-refractivity contribution is 5.69. The van der Waals surface area contributed by atoms with Crippen LogP contribution in [0.5, 0.6) is 0 Å². The standard InChI is InChI=1S/C16H14F3N3/c17-16(18,19)12-2-1-3-13-11(12)7-9-22(13)14-6-8-20-15(21-14)10-4-5-10/h1-3,6,8,10H,4-5,7,9H2. The largest absolute Gasteiger partial charge is 0.416 e. The Morgan fingerprint density at radius 1 is 1.14 bits per heavy atom. The van der Waals surface area contributed by atoms with Gasteiger partial charge in [0.15, 0.2) is 0 Å². The van der Waals surface area contributed by atoms with Crippen LogP contribution in [-0.2, 0) is 12.6 Å². The first-order valence-corrected chi connectivity index (χ1v) is 7.33. The lowest BCUT2D eigenvalue weighted by Gasteiger charge is -2.19. The Kier molecular flexibility index (Phi) is 2.89. The van der Waals surface area contributed by atoms with E-state index in [2.05, 4.69) is 9.97 Å². The molecule has 4 rings (SSSR count). The van der Waals surface area contributed by atoms with E-state index in [4.69, 9.17) is 0 Å². The minimum absolute atomic E-state index is 0.363. The number of nitrogens with zero attached hydrogens (tertiary/aromatic N) is 3. The summed E-state index contributed by atoms with van der Waals surface area (Å²) in [4.78, 5) is 10.7. The summed E-state index contributed by atoms with van der Waals surface area (Å²) in [5.41, 5.74) is 0.431. The maximum Gasteiger partial charge on any atom is 0.416 e. The first-order valence-electron chi connectivity index (χ1n) is 7.33. The van der Waals surface area contributed by atoms with Crippen molar-refractivity contribution in [3.8, 4) is 0 Å². The molecule has 0 spiro atoms. The number of benzene rings is 1. The summed E-state index contributed by atoms with van der Waals surface area (Å²) >= 11 is 0. The normalized spacial score (nSPS) is 17.7. The number of rotatable bonds is 2. The Hall–Kier alpha value is -2.11. The van der Waals surface area contributed by atoms with Crippen molar-refractivity contribution in [2.24, 2.45) is 0 Å². The molecule has 0 amide bonds. The fourth-order valence-electron chi connectivity index (χ4n) is 2.99. The van der Waals surface area contributed by atoms with Gasteiger partial charge in [0.05, 0.1) is 5.56 Å². The highest BCUT2D eigenvalue weighted by Crippen LogP contribution is 2.42. The molecule has 2 aromatic rings. The summed E-state index contributed by atoms with van der Waals surface area (Å²) in [7, 11) is 0. The molecule has 0 radical (unpaired) electrons. The Morgan fingerprint density at radius 2 is 1.95 bits per heavy atom. The molecule has 114 valence electrons.